The normalized spacial score (nSPS) is 23.6. The molecule has 2 atom stereocenters. The lowest BCUT2D eigenvalue weighted by Crippen LogP contribution is -2.33. The van der Waals surface area contributed by atoms with Crippen LogP contribution in [0.15, 0.2) is 18.2 Å². The third-order valence-corrected chi connectivity index (χ3v) is 3.10. The number of ether oxygens (including phenoxy) is 1. The van der Waals surface area contributed by atoms with E-state index < -0.39 is 17.6 Å². The van der Waals surface area contributed by atoms with E-state index in [-0.39, 0.29) is 17.8 Å². The first kappa shape index (κ1) is 14.1. The second-order valence-electron chi connectivity index (χ2n) is 4.38. The summed E-state index contributed by atoms with van der Waals surface area (Å²) in [6, 6.07) is 2.28. The highest BCUT2D eigenvalue weighted by molar-refractivity contribution is 5.48. The summed E-state index contributed by atoms with van der Waals surface area (Å²) in [7, 11) is 1.54. The lowest BCUT2D eigenvalue weighted by atomic mass is 10.1. The van der Waals surface area contributed by atoms with Crippen molar-refractivity contribution in [3.05, 3.63) is 29.6 Å². The molecular formula is C12H14F4N2O. The average molecular weight is 278 g/mol. The van der Waals surface area contributed by atoms with E-state index in [4.69, 9.17) is 4.74 Å². The number of hydrogen-bond acceptors (Lipinski definition) is 3. The fraction of sp³-hybridized carbons (Fsp3) is 0.500. The first-order chi connectivity index (χ1) is 8.91. The Bertz CT molecular complexity index is 450. The molecule has 1 aromatic rings. The molecule has 0 aliphatic carbocycles. The van der Waals surface area contributed by atoms with Crippen molar-refractivity contribution >= 4 is 5.69 Å². The molecule has 1 aliphatic rings. The molecule has 2 rings (SSSR count). The summed E-state index contributed by atoms with van der Waals surface area (Å²) in [6.45, 7) is 1.19. The smallest absolute Gasteiger partial charge is 0.378 e. The summed E-state index contributed by atoms with van der Waals surface area (Å²) in [5.41, 5.74) is -0.952. The van der Waals surface area contributed by atoms with Crippen molar-refractivity contribution in [3.8, 4) is 0 Å². The number of methoxy groups -OCH3 is 1. The highest BCUT2D eigenvalue weighted by Crippen LogP contribution is 2.31. The third-order valence-electron chi connectivity index (χ3n) is 3.10. The minimum Gasteiger partial charge on any atom is -0.378 e. The predicted octanol–water partition coefficient (Wildman–Crippen LogP) is 2.24. The molecule has 1 aromatic carbocycles. The van der Waals surface area contributed by atoms with Gasteiger partial charge < -0.3 is 15.4 Å². The van der Waals surface area contributed by atoms with Crippen LogP contribution in [0.5, 0.6) is 0 Å². The van der Waals surface area contributed by atoms with Gasteiger partial charge in [0, 0.05) is 20.2 Å². The molecule has 7 heteroatoms. The number of benzene rings is 1. The van der Waals surface area contributed by atoms with Gasteiger partial charge in [0.25, 0.3) is 0 Å². The van der Waals surface area contributed by atoms with Crippen LogP contribution in [0.3, 0.4) is 0 Å². The van der Waals surface area contributed by atoms with E-state index in [9.17, 15) is 17.6 Å². The molecule has 19 heavy (non-hydrogen) atoms. The van der Waals surface area contributed by atoms with Crippen LogP contribution in [0.25, 0.3) is 0 Å². The van der Waals surface area contributed by atoms with Gasteiger partial charge in [-0.3, -0.25) is 0 Å². The molecule has 0 bridgehead atoms. The van der Waals surface area contributed by atoms with E-state index in [0.29, 0.717) is 19.2 Å². The Kier molecular flexibility index (Phi) is 3.96. The Hall–Kier alpha value is -1.34. The third kappa shape index (κ3) is 3.16. The standard InChI is InChI=1S/C12H14F4N2O/c1-19-11-6-17-5-10(11)18-9-3-2-7(4-8(9)13)12(14,15)16/h2-4,10-11,17-18H,5-6H2,1H3/t10?,11-/m0/s1. The zero-order valence-corrected chi connectivity index (χ0v) is 10.2. The van der Waals surface area contributed by atoms with Crippen molar-refractivity contribution in [1.82, 2.24) is 5.32 Å². The largest absolute Gasteiger partial charge is 0.416 e. The van der Waals surface area contributed by atoms with Crippen LogP contribution in [0, 0.1) is 5.82 Å². The van der Waals surface area contributed by atoms with Crippen molar-refractivity contribution < 1.29 is 22.3 Å². The summed E-state index contributed by atoms with van der Waals surface area (Å²) in [4.78, 5) is 0. The van der Waals surface area contributed by atoms with Crippen LogP contribution in [-0.2, 0) is 10.9 Å². The van der Waals surface area contributed by atoms with Gasteiger partial charge in [-0.1, -0.05) is 0 Å². The minimum absolute atomic E-state index is 0.0451. The van der Waals surface area contributed by atoms with Crippen molar-refractivity contribution in [2.75, 3.05) is 25.5 Å². The van der Waals surface area contributed by atoms with Gasteiger partial charge >= 0.3 is 6.18 Å². The zero-order chi connectivity index (χ0) is 14.0. The number of halogens is 4. The lowest BCUT2D eigenvalue weighted by molar-refractivity contribution is -0.137. The molecule has 1 fully saturated rings. The van der Waals surface area contributed by atoms with Crippen LogP contribution in [0.1, 0.15) is 5.56 Å². The highest BCUT2D eigenvalue weighted by atomic mass is 19.4. The van der Waals surface area contributed by atoms with E-state index in [1.165, 1.54) is 7.11 Å². The predicted molar refractivity (Wildman–Crippen MR) is 62.5 cm³/mol. The maximum atomic E-state index is 13.6. The molecule has 0 aromatic heterocycles. The number of hydrogen-bond donors (Lipinski definition) is 2. The Morgan fingerprint density at radius 3 is 2.63 bits per heavy atom. The molecule has 1 heterocycles. The van der Waals surface area contributed by atoms with E-state index in [0.717, 1.165) is 12.1 Å². The van der Waals surface area contributed by atoms with Crippen LogP contribution in [-0.4, -0.2) is 32.3 Å². The lowest BCUT2D eigenvalue weighted by Gasteiger charge is -2.20. The van der Waals surface area contributed by atoms with Gasteiger partial charge in [0.2, 0.25) is 0 Å². The van der Waals surface area contributed by atoms with Gasteiger partial charge in [-0.25, -0.2) is 4.39 Å². The molecule has 1 unspecified atom stereocenters. The molecule has 0 amide bonds. The van der Waals surface area contributed by atoms with Crippen molar-refractivity contribution in [2.24, 2.45) is 0 Å². The second kappa shape index (κ2) is 5.34. The molecule has 1 saturated heterocycles. The summed E-state index contributed by atoms with van der Waals surface area (Å²) < 4.78 is 56.0. The SMILES string of the molecule is CO[C@H]1CNCC1Nc1ccc(C(F)(F)F)cc1F. The average Bonchev–Trinajstić information content (AvgIpc) is 2.77. The van der Waals surface area contributed by atoms with Crippen LogP contribution in [0.4, 0.5) is 23.2 Å². The van der Waals surface area contributed by atoms with Gasteiger partial charge in [-0.2, -0.15) is 13.2 Å². The summed E-state index contributed by atoms with van der Waals surface area (Å²) in [5.74, 6) is -0.920. The molecular weight excluding hydrogens is 264 g/mol. The summed E-state index contributed by atoms with van der Waals surface area (Å²) in [6.07, 6.45) is -4.68. The molecule has 3 nitrogen and oxygen atoms in total. The highest BCUT2D eigenvalue weighted by Gasteiger charge is 2.32. The number of alkyl halides is 3. The van der Waals surface area contributed by atoms with Crippen LogP contribution in [0.2, 0.25) is 0 Å². The van der Waals surface area contributed by atoms with E-state index in [2.05, 4.69) is 10.6 Å². The molecule has 0 saturated carbocycles. The van der Waals surface area contributed by atoms with E-state index in [1.54, 1.807) is 0 Å². The van der Waals surface area contributed by atoms with Crippen LogP contribution < -0.4 is 10.6 Å². The van der Waals surface area contributed by atoms with Crippen LogP contribution >= 0.6 is 0 Å². The van der Waals surface area contributed by atoms with Crippen molar-refractivity contribution in [3.63, 3.8) is 0 Å². The van der Waals surface area contributed by atoms with Gasteiger partial charge in [0.15, 0.2) is 0 Å². The Balaban J connectivity index is 2.13. The first-order valence-corrected chi connectivity index (χ1v) is 5.78. The second-order valence-corrected chi connectivity index (χ2v) is 4.38. The summed E-state index contributed by atoms with van der Waals surface area (Å²) in [5, 5.41) is 5.92. The van der Waals surface area contributed by atoms with Gasteiger partial charge in [0.1, 0.15) is 5.82 Å². The Labute approximate surface area is 107 Å². The quantitative estimate of drug-likeness (QED) is 0.832. The van der Waals surface area contributed by atoms with Gasteiger partial charge in [-0.15, -0.1) is 0 Å². The maximum absolute atomic E-state index is 13.6. The van der Waals surface area contributed by atoms with Crippen molar-refractivity contribution in [1.29, 1.82) is 0 Å². The zero-order valence-electron chi connectivity index (χ0n) is 10.2. The molecule has 106 valence electrons. The molecule has 2 N–H and O–H groups in total. The number of nitrogens with one attached hydrogen (secondary N) is 2. The minimum atomic E-state index is -4.54. The van der Waals surface area contributed by atoms with E-state index in [1.807, 2.05) is 0 Å². The topological polar surface area (TPSA) is 33.3 Å². The number of anilines is 1. The monoisotopic (exact) mass is 278 g/mol. The molecule has 0 spiro atoms. The Morgan fingerprint density at radius 2 is 2.05 bits per heavy atom. The fourth-order valence-corrected chi connectivity index (χ4v) is 2.05. The van der Waals surface area contributed by atoms with Gasteiger partial charge in [-0.05, 0) is 18.2 Å². The fourth-order valence-electron chi connectivity index (χ4n) is 2.05. The maximum Gasteiger partial charge on any atom is 0.416 e. The molecule has 1 aliphatic heterocycles. The first-order valence-electron chi connectivity index (χ1n) is 5.78. The van der Waals surface area contributed by atoms with Gasteiger partial charge in [0.05, 0.1) is 23.4 Å². The summed E-state index contributed by atoms with van der Waals surface area (Å²) >= 11 is 0. The Morgan fingerprint density at radius 1 is 1.32 bits per heavy atom. The molecule has 0 radical (unpaired) electrons. The van der Waals surface area contributed by atoms with E-state index >= 15 is 0 Å². The van der Waals surface area contributed by atoms with Crippen molar-refractivity contribution in [2.45, 2.75) is 18.3 Å². The number of rotatable bonds is 3.